The number of aryl methyl sites for hydroxylation is 1. The van der Waals surface area contributed by atoms with E-state index in [-0.39, 0.29) is 5.91 Å². The van der Waals surface area contributed by atoms with E-state index in [4.69, 9.17) is 23.2 Å². The van der Waals surface area contributed by atoms with Crippen LogP contribution in [0.15, 0.2) is 47.4 Å². The first-order valence-corrected chi connectivity index (χ1v) is 7.73. The molecule has 5 heteroatoms. The van der Waals surface area contributed by atoms with E-state index in [9.17, 15) is 4.79 Å². The fourth-order valence-corrected chi connectivity index (χ4v) is 2.54. The highest BCUT2D eigenvalue weighted by atomic mass is 35.5. The number of thioether (sulfide) groups is 1. The number of rotatable bonds is 4. The first kappa shape index (κ1) is 15.2. The van der Waals surface area contributed by atoms with Crippen LogP contribution in [0.25, 0.3) is 0 Å². The molecule has 0 spiro atoms. The predicted octanol–water partition coefficient (Wildman–Crippen LogP) is 5.03. The van der Waals surface area contributed by atoms with Crippen molar-refractivity contribution in [1.29, 1.82) is 0 Å². The number of carbonyl (C=O) groups is 1. The highest BCUT2D eigenvalue weighted by molar-refractivity contribution is 8.00. The van der Waals surface area contributed by atoms with Crippen molar-refractivity contribution in [3.05, 3.63) is 58.1 Å². The Hall–Kier alpha value is -1.16. The number of anilines is 1. The molecule has 0 aliphatic heterocycles. The van der Waals surface area contributed by atoms with Gasteiger partial charge >= 0.3 is 0 Å². The van der Waals surface area contributed by atoms with Crippen molar-refractivity contribution in [2.24, 2.45) is 0 Å². The maximum Gasteiger partial charge on any atom is 0.234 e. The summed E-state index contributed by atoms with van der Waals surface area (Å²) in [6.07, 6.45) is 0. The van der Waals surface area contributed by atoms with Gasteiger partial charge in [0, 0.05) is 20.6 Å². The molecule has 1 N–H and O–H groups in total. The van der Waals surface area contributed by atoms with Crippen LogP contribution in [0.5, 0.6) is 0 Å². The molecule has 0 radical (unpaired) electrons. The van der Waals surface area contributed by atoms with Gasteiger partial charge in [-0.25, -0.2) is 0 Å². The molecule has 2 nitrogen and oxygen atoms in total. The average molecular weight is 326 g/mol. The molecule has 1 amide bonds. The number of nitrogens with one attached hydrogen (secondary N) is 1. The Morgan fingerprint density at radius 2 is 1.85 bits per heavy atom. The van der Waals surface area contributed by atoms with Crippen LogP contribution < -0.4 is 5.32 Å². The summed E-state index contributed by atoms with van der Waals surface area (Å²) in [4.78, 5) is 12.9. The third-order valence-electron chi connectivity index (χ3n) is 2.63. The first-order valence-electron chi connectivity index (χ1n) is 5.99. The van der Waals surface area contributed by atoms with Crippen LogP contribution in [-0.4, -0.2) is 11.7 Å². The van der Waals surface area contributed by atoms with Gasteiger partial charge in [0.25, 0.3) is 0 Å². The van der Waals surface area contributed by atoms with Gasteiger partial charge in [0.05, 0.1) is 5.75 Å². The monoisotopic (exact) mass is 325 g/mol. The Morgan fingerprint density at radius 1 is 1.15 bits per heavy atom. The minimum absolute atomic E-state index is 0.0494. The average Bonchev–Trinajstić information content (AvgIpc) is 2.42. The summed E-state index contributed by atoms with van der Waals surface area (Å²) in [6, 6.07) is 12.8. The molecular formula is C15H13Cl2NOS. The molecule has 0 atom stereocenters. The number of amides is 1. The van der Waals surface area contributed by atoms with E-state index in [0.29, 0.717) is 15.8 Å². The molecule has 104 valence electrons. The predicted molar refractivity (Wildman–Crippen MR) is 87.0 cm³/mol. The lowest BCUT2D eigenvalue weighted by molar-refractivity contribution is -0.113. The number of hydrogen-bond acceptors (Lipinski definition) is 2. The van der Waals surface area contributed by atoms with Gasteiger partial charge in [-0.3, -0.25) is 4.79 Å². The molecule has 2 aromatic carbocycles. The van der Waals surface area contributed by atoms with Crippen LogP contribution in [0.4, 0.5) is 5.69 Å². The van der Waals surface area contributed by atoms with E-state index in [0.717, 1.165) is 16.1 Å². The van der Waals surface area contributed by atoms with Gasteiger partial charge in [0.15, 0.2) is 0 Å². The Labute approximate surface area is 132 Å². The zero-order valence-corrected chi connectivity index (χ0v) is 13.1. The molecule has 0 unspecified atom stereocenters. The van der Waals surface area contributed by atoms with Crippen molar-refractivity contribution in [3.8, 4) is 0 Å². The molecule has 0 saturated carbocycles. The smallest absolute Gasteiger partial charge is 0.234 e. The second-order valence-corrected chi connectivity index (χ2v) is 6.15. The van der Waals surface area contributed by atoms with Crippen molar-refractivity contribution in [2.75, 3.05) is 11.1 Å². The summed E-state index contributed by atoms with van der Waals surface area (Å²) >= 11 is 13.2. The van der Waals surface area contributed by atoms with Gasteiger partial charge in [0.2, 0.25) is 5.91 Å². The molecule has 0 aliphatic rings. The van der Waals surface area contributed by atoms with E-state index in [1.165, 1.54) is 11.8 Å². The highest BCUT2D eigenvalue weighted by Crippen LogP contribution is 2.22. The van der Waals surface area contributed by atoms with Crippen molar-refractivity contribution in [3.63, 3.8) is 0 Å². The van der Waals surface area contributed by atoms with Gasteiger partial charge in [-0.15, -0.1) is 11.8 Å². The zero-order valence-electron chi connectivity index (χ0n) is 10.8. The molecule has 0 bridgehead atoms. The SMILES string of the molecule is Cc1cc(NC(=O)CSc2ccc(Cl)cc2)ccc1Cl. The lowest BCUT2D eigenvalue weighted by Gasteiger charge is -2.07. The molecule has 0 aromatic heterocycles. The minimum atomic E-state index is -0.0494. The number of halogens is 2. The van der Waals surface area contributed by atoms with Gasteiger partial charge in [0.1, 0.15) is 0 Å². The van der Waals surface area contributed by atoms with Crippen LogP contribution in [0.3, 0.4) is 0 Å². The lowest BCUT2D eigenvalue weighted by Crippen LogP contribution is -2.14. The topological polar surface area (TPSA) is 29.1 Å². The fraction of sp³-hybridized carbons (Fsp3) is 0.133. The minimum Gasteiger partial charge on any atom is -0.325 e. The van der Waals surface area contributed by atoms with E-state index >= 15 is 0 Å². The van der Waals surface area contributed by atoms with Gasteiger partial charge in [-0.1, -0.05) is 23.2 Å². The van der Waals surface area contributed by atoms with Gasteiger partial charge in [-0.05, 0) is 55.0 Å². The van der Waals surface area contributed by atoms with Gasteiger partial charge < -0.3 is 5.32 Å². The lowest BCUT2D eigenvalue weighted by atomic mass is 10.2. The van der Waals surface area contributed by atoms with E-state index in [1.807, 2.05) is 37.3 Å². The summed E-state index contributed by atoms with van der Waals surface area (Å²) in [5, 5.41) is 4.23. The Kier molecular flexibility index (Phi) is 5.35. The van der Waals surface area contributed by atoms with E-state index < -0.39 is 0 Å². The fourth-order valence-electron chi connectivity index (χ4n) is 1.60. The highest BCUT2D eigenvalue weighted by Gasteiger charge is 2.05. The Morgan fingerprint density at radius 3 is 2.50 bits per heavy atom. The summed E-state index contributed by atoms with van der Waals surface area (Å²) in [5.74, 6) is 0.301. The third-order valence-corrected chi connectivity index (χ3v) is 4.31. The molecule has 2 aromatic rings. The summed E-state index contributed by atoms with van der Waals surface area (Å²) in [7, 11) is 0. The molecule has 0 saturated heterocycles. The van der Waals surface area contributed by atoms with Crippen molar-refractivity contribution in [2.45, 2.75) is 11.8 Å². The maximum absolute atomic E-state index is 11.9. The van der Waals surface area contributed by atoms with E-state index in [2.05, 4.69) is 5.32 Å². The standard InChI is InChI=1S/C15H13Cl2NOS/c1-10-8-12(4-7-14(10)17)18-15(19)9-20-13-5-2-11(16)3-6-13/h2-8H,9H2,1H3,(H,18,19). The molecule has 0 fully saturated rings. The largest absolute Gasteiger partial charge is 0.325 e. The van der Waals surface area contributed by atoms with Crippen LogP contribution in [0.1, 0.15) is 5.56 Å². The van der Waals surface area contributed by atoms with Crippen molar-refractivity contribution < 1.29 is 4.79 Å². The summed E-state index contributed by atoms with van der Waals surface area (Å²) < 4.78 is 0. The number of hydrogen-bond donors (Lipinski definition) is 1. The van der Waals surface area contributed by atoms with Crippen LogP contribution in [-0.2, 0) is 4.79 Å². The Bertz CT molecular complexity index is 614. The Balaban J connectivity index is 1.89. The molecular weight excluding hydrogens is 313 g/mol. The molecule has 2 rings (SSSR count). The molecule has 0 aliphatic carbocycles. The second-order valence-electron chi connectivity index (χ2n) is 4.25. The van der Waals surface area contributed by atoms with Crippen molar-refractivity contribution in [1.82, 2.24) is 0 Å². The second kappa shape index (κ2) is 7.02. The first-order chi connectivity index (χ1) is 9.54. The number of carbonyl (C=O) groups excluding carboxylic acids is 1. The maximum atomic E-state index is 11.9. The van der Waals surface area contributed by atoms with Gasteiger partial charge in [-0.2, -0.15) is 0 Å². The number of benzene rings is 2. The molecule has 0 heterocycles. The van der Waals surface area contributed by atoms with Crippen molar-refractivity contribution >= 4 is 46.6 Å². The van der Waals surface area contributed by atoms with E-state index in [1.54, 1.807) is 12.1 Å². The quantitative estimate of drug-likeness (QED) is 0.798. The third kappa shape index (κ3) is 4.44. The zero-order chi connectivity index (χ0) is 14.5. The van der Waals surface area contributed by atoms with Crippen LogP contribution in [0, 0.1) is 6.92 Å². The van der Waals surface area contributed by atoms with Crippen LogP contribution in [0.2, 0.25) is 10.0 Å². The molecule has 20 heavy (non-hydrogen) atoms. The summed E-state index contributed by atoms with van der Waals surface area (Å²) in [6.45, 7) is 1.90. The summed E-state index contributed by atoms with van der Waals surface area (Å²) in [5.41, 5.74) is 1.70. The normalized spacial score (nSPS) is 10.3. The van der Waals surface area contributed by atoms with Crippen LogP contribution >= 0.6 is 35.0 Å².